The van der Waals surface area contributed by atoms with Gasteiger partial charge in [0.25, 0.3) is 0 Å². The molecule has 0 spiro atoms. The summed E-state index contributed by atoms with van der Waals surface area (Å²) in [5.74, 6) is 0. The second kappa shape index (κ2) is 5.23. The second-order valence-electron chi connectivity index (χ2n) is 5.36. The van der Waals surface area contributed by atoms with Gasteiger partial charge in [0.1, 0.15) is 0 Å². The van der Waals surface area contributed by atoms with Gasteiger partial charge in [-0.1, -0.05) is 6.92 Å². The lowest BCUT2D eigenvalue weighted by Crippen LogP contribution is -2.37. The van der Waals surface area contributed by atoms with Crippen molar-refractivity contribution in [1.82, 2.24) is 9.47 Å². The summed E-state index contributed by atoms with van der Waals surface area (Å²) in [5.41, 5.74) is 7.70. The second-order valence-corrected chi connectivity index (χ2v) is 5.36. The molecule has 1 aliphatic heterocycles. The van der Waals surface area contributed by atoms with E-state index in [-0.39, 0.29) is 6.04 Å². The van der Waals surface area contributed by atoms with E-state index in [9.17, 15) is 0 Å². The zero-order chi connectivity index (χ0) is 12.4. The summed E-state index contributed by atoms with van der Waals surface area (Å²) in [6.07, 6.45) is 4.47. The van der Waals surface area contributed by atoms with Gasteiger partial charge in [0.2, 0.25) is 0 Å². The smallest absolute Gasteiger partial charge is 0.0656 e. The van der Waals surface area contributed by atoms with Crippen LogP contribution in [-0.4, -0.2) is 28.1 Å². The van der Waals surface area contributed by atoms with Crippen molar-refractivity contribution in [2.24, 2.45) is 5.73 Å². The molecule has 1 fully saturated rings. The Morgan fingerprint density at radius 1 is 1.47 bits per heavy atom. The Bertz CT molecular complexity index is 356. The van der Waals surface area contributed by atoms with Crippen LogP contribution in [0.4, 0.5) is 0 Å². The van der Waals surface area contributed by atoms with Gasteiger partial charge >= 0.3 is 0 Å². The molecule has 1 aromatic heterocycles. The van der Waals surface area contributed by atoms with Crippen LogP contribution in [0.25, 0.3) is 0 Å². The Morgan fingerprint density at radius 2 is 2.24 bits per heavy atom. The summed E-state index contributed by atoms with van der Waals surface area (Å²) in [6, 6.07) is 5.63. The molecule has 2 atom stereocenters. The molecular formula is C14H25N3. The van der Waals surface area contributed by atoms with Crippen LogP contribution in [0.2, 0.25) is 0 Å². The van der Waals surface area contributed by atoms with Gasteiger partial charge in [-0.05, 0) is 38.8 Å². The number of aryl methyl sites for hydroxylation is 1. The summed E-state index contributed by atoms with van der Waals surface area (Å²) in [5, 5.41) is 0. The molecule has 0 bridgehead atoms. The molecule has 1 saturated heterocycles. The molecule has 1 aromatic rings. The predicted molar refractivity (Wildman–Crippen MR) is 71.9 cm³/mol. The van der Waals surface area contributed by atoms with Crippen LogP contribution in [0.3, 0.4) is 0 Å². The topological polar surface area (TPSA) is 34.2 Å². The van der Waals surface area contributed by atoms with Crippen LogP contribution in [0.15, 0.2) is 18.3 Å². The highest BCUT2D eigenvalue weighted by Crippen LogP contribution is 2.33. The average Bonchev–Trinajstić information content (AvgIpc) is 2.85. The van der Waals surface area contributed by atoms with E-state index in [1.54, 1.807) is 0 Å². The fourth-order valence-electron chi connectivity index (χ4n) is 2.95. The minimum Gasteiger partial charge on any atom is -0.350 e. The Balaban J connectivity index is 2.26. The normalized spacial score (nSPS) is 25.9. The van der Waals surface area contributed by atoms with Crippen LogP contribution in [0.1, 0.15) is 45.3 Å². The van der Waals surface area contributed by atoms with Gasteiger partial charge in [0.05, 0.1) is 6.04 Å². The largest absolute Gasteiger partial charge is 0.350 e. The van der Waals surface area contributed by atoms with E-state index in [0.717, 1.165) is 19.5 Å². The molecule has 0 unspecified atom stereocenters. The number of nitrogens with two attached hydrogens (primary N) is 1. The molecule has 17 heavy (non-hydrogen) atoms. The van der Waals surface area contributed by atoms with E-state index in [0.29, 0.717) is 12.1 Å². The standard InChI is InChI=1S/C14H25N3/c1-4-8-16-9-5-6-13(16)14-12(15)7-10-17(14)11(2)3/h5-6,9,11-12,14H,4,7-8,10,15H2,1-3H3/t12-,14-/m0/s1. The van der Waals surface area contributed by atoms with E-state index < -0.39 is 0 Å². The molecule has 0 aliphatic carbocycles. The Kier molecular flexibility index (Phi) is 3.89. The van der Waals surface area contributed by atoms with Gasteiger partial charge in [-0.2, -0.15) is 0 Å². The van der Waals surface area contributed by atoms with Crippen molar-refractivity contribution in [2.75, 3.05) is 6.54 Å². The van der Waals surface area contributed by atoms with Crippen molar-refractivity contribution in [3.05, 3.63) is 24.0 Å². The Hall–Kier alpha value is -0.800. The third kappa shape index (κ3) is 2.40. The zero-order valence-electron chi connectivity index (χ0n) is 11.3. The highest BCUT2D eigenvalue weighted by molar-refractivity contribution is 5.17. The Labute approximate surface area is 105 Å². The maximum Gasteiger partial charge on any atom is 0.0656 e. The molecule has 0 radical (unpaired) electrons. The molecular weight excluding hydrogens is 210 g/mol. The summed E-state index contributed by atoms with van der Waals surface area (Å²) in [6.45, 7) is 8.97. The van der Waals surface area contributed by atoms with E-state index in [1.165, 1.54) is 12.1 Å². The lowest BCUT2D eigenvalue weighted by Gasteiger charge is -2.31. The van der Waals surface area contributed by atoms with Crippen molar-refractivity contribution in [2.45, 2.75) is 58.3 Å². The molecule has 1 aliphatic rings. The molecule has 3 heteroatoms. The monoisotopic (exact) mass is 235 g/mol. The van der Waals surface area contributed by atoms with E-state index in [1.807, 2.05) is 0 Å². The number of hydrogen-bond acceptors (Lipinski definition) is 2. The first kappa shape index (κ1) is 12.7. The van der Waals surface area contributed by atoms with Crippen LogP contribution < -0.4 is 5.73 Å². The minimum atomic E-state index is 0.280. The maximum absolute atomic E-state index is 6.31. The highest BCUT2D eigenvalue weighted by Gasteiger charge is 2.35. The average molecular weight is 235 g/mol. The number of aromatic nitrogens is 1. The maximum atomic E-state index is 6.31. The lowest BCUT2D eigenvalue weighted by molar-refractivity contribution is 0.191. The van der Waals surface area contributed by atoms with E-state index in [2.05, 4.69) is 48.6 Å². The SMILES string of the molecule is CCCn1cccc1[C@@H]1[C@@H](N)CCN1C(C)C. The summed E-state index contributed by atoms with van der Waals surface area (Å²) in [4.78, 5) is 2.53. The molecule has 3 nitrogen and oxygen atoms in total. The van der Waals surface area contributed by atoms with Crippen LogP contribution in [0.5, 0.6) is 0 Å². The van der Waals surface area contributed by atoms with Crippen LogP contribution in [-0.2, 0) is 6.54 Å². The molecule has 0 saturated carbocycles. The summed E-state index contributed by atoms with van der Waals surface area (Å²) >= 11 is 0. The first-order valence-corrected chi connectivity index (χ1v) is 6.81. The number of hydrogen-bond donors (Lipinski definition) is 1. The van der Waals surface area contributed by atoms with Gasteiger partial charge in [-0.15, -0.1) is 0 Å². The first-order chi connectivity index (χ1) is 8.15. The molecule has 0 amide bonds. The van der Waals surface area contributed by atoms with Crippen molar-refractivity contribution in [1.29, 1.82) is 0 Å². The van der Waals surface area contributed by atoms with Gasteiger partial charge < -0.3 is 10.3 Å². The number of likely N-dealkylation sites (tertiary alicyclic amines) is 1. The minimum absolute atomic E-state index is 0.280. The van der Waals surface area contributed by atoms with Gasteiger partial charge in [-0.25, -0.2) is 0 Å². The fourth-order valence-corrected chi connectivity index (χ4v) is 2.95. The first-order valence-electron chi connectivity index (χ1n) is 6.81. The predicted octanol–water partition coefficient (Wildman–Crippen LogP) is 2.38. The van der Waals surface area contributed by atoms with Crippen molar-refractivity contribution in [3.63, 3.8) is 0 Å². The van der Waals surface area contributed by atoms with Gasteiger partial charge in [0, 0.05) is 37.1 Å². The van der Waals surface area contributed by atoms with E-state index >= 15 is 0 Å². The molecule has 2 rings (SSSR count). The van der Waals surface area contributed by atoms with Crippen LogP contribution >= 0.6 is 0 Å². The quantitative estimate of drug-likeness (QED) is 0.869. The molecule has 2 heterocycles. The zero-order valence-corrected chi connectivity index (χ0v) is 11.3. The van der Waals surface area contributed by atoms with Gasteiger partial charge in [0.15, 0.2) is 0 Å². The fraction of sp³-hybridized carbons (Fsp3) is 0.714. The summed E-state index contributed by atoms with van der Waals surface area (Å²) < 4.78 is 2.37. The number of nitrogens with zero attached hydrogens (tertiary/aromatic N) is 2. The van der Waals surface area contributed by atoms with Crippen LogP contribution in [0, 0.1) is 0 Å². The molecule has 96 valence electrons. The number of rotatable bonds is 4. The summed E-state index contributed by atoms with van der Waals surface area (Å²) in [7, 11) is 0. The highest BCUT2D eigenvalue weighted by atomic mass is 15.2. The van der Waals surface area contributed by atoms with Gasteiger partial charge in [-0.3, -0.25) is 4.90 Å². The van der Waals surface area contributed by atoms with E-state index in [4.69, 9.17) is 5.73 Å². The van der Waals surface area contributed by atoms with Crippen molar-refractivity contribution < 1.29 is 0 Å². The Morgan fingerprint density at radius 3 is 2.88 bits per heavy atom. The van der Waals surface area contributed by atoms with Crippen molar-refractivity contribution >= 4 is 0 Å². The third-order valence-corrected chi connectivity index (χ3v) is 3.78. The van der Waals surface area contributed by atoms with Crippen molar-refractivity contribution in [3.8, 4) is 0 Å². The molecule has 2 N–H and O–H groups in total. The lowest BCUT2D eigenvalue weighted by atomic mass is 10.1. The third-order valence-electron chi connectivity index (χ3n) is 3.78. The molecule has 0 aromatic carbocycles.